The molecule has 2 aromatic rings. The Kier molecular flexibility index (Phi) is 2.93. The maximum atomic E-state index is 6.13. The molecule has 1 heterocycles. The first kappa shape index (κ1) is 10.5. The number of nitrogens with zero attached hydrogens (tertiary/aromatic N) is 1. The zero-order valence-electron chi connectivity index (χ0n) is 8.80. The second-order valence-electron chi connectivity index (χ2n) is 3.50. The molecule has 0 aliphatic rings. The van der Waals surface area contributed by atoms with E-state index in [0.717, 1.165) is 34.7 Å². The summed E-state index contributed by atoms with van der Waals surface area (Å²) in [4.78, 5) is 4.28. The molecule has 0 spiro atoms. The van der Waals surface area contributed by atoms with Gasteiger partial charge in [0.1, 0.15) is 5.52 Å². The van der Waals surface area contributed by atoms with E-state index in [0.29, 0.717) is 5.89 Å². The molecule has 0 unspecified atom stereocenters. The van der Waals surface area contributed by atoms with Crippen LogP contribution in [0.15, 0.2) is 16.5 Å². The van der Waals surface area contributed by atoms with Gasteiger partial charge in [-0.3, -0.25) is 0 Å². The summed E-state index contributed by atoms with van der Waals surface area (Å²) in [6.45, 7) is 2.74. The predicted molar refractivity (Wildman–Crippen MR) is 61.4 cm³/mol. The van der Waals surface area contributed by atoms with Crippen LogP contribution in [0.1, 0.15) is 11.5 Å². The van der Waals surface area contributed by atoms with Crippen LogP contribution in [0.5, 0.6) is 0 Å². The number of benzene rings is 1. The lowest BCUT2D eigenvalue weighted by molar-refractivity contribution is 0.561. The summed E-state index contributed by atoms with van der Waals surface area (Å²) in [6, 6.07) is 3.83. The van der Waals surface area contributed by atoms with E-state index in [1.54, 1.807) is 0 Å². The molecular formula is C11H13ClN2O. The molecule has 0 amide bonds. The van der Waals surface area contributed by atoms with Crippen molar-refractivity contribution >= 4 is 22.7 Å². The fourth-order valence-electron chi connectivity index (χ4n) is 1.56. The van der Waals surface area contributed by atoms with Crippen LogP contribution in [0.3, 0.4) is 0 Å². The average molecular weight is 225 g/mol. The summed E-state index contributed by atoms with van der Waals surface area (Å²) >= 11 is 6.13. The second kappa shape index (κ2) is 4.21. The molecule has 1 aromatic heterocycles. The van der Waals surface area contributed by atoms with E-state index >= 15 is 0 Å². The zero-order valence-corrected chi connectivity index (χ0v) is 9.56. The first-order valence-corrected chi connectivity index (χ1v) is 5.28. The summed E-state index contributed by atoms with van der Waals surface area (Å²) in [6.07, 6.45) is 0.900. The van der Waals surface area contributed by atoms with Crippen LogP contribution in [0, 0.1) is 6.92 Å². The molecule has 0 saturated carbocycles. The maximum absolute atomic E-state index is 6.13. The van der Waals surface area contributed by atoms with Gasteiger partial charge in [0.2, 0.25) is 0 Å². The van der Waals surface area contributed by atoms with Gasteiger partial charge in [0.15, 0.2) is 11.5 Å². The van der Waals surface area contributed by atoms with Crippen LogP contribution in [-0.2, 0) is 6.42 Å². The molecule has 15 heavy (non-hydrogen) atoms. The van der Waals surface area contributed by atoms with Gasteiger partial charge in [0.05, 0.1) is 0 Å². The van der Waals surface area contributed by atoms with E-state index in [1.807, 2.05) is 26.1 Å². The number of likely N-dealkylation sites (N-methyl/N-ethyl adjacent to an activating group) is 1. The smallest absolute Gasteiger partial charge is 0.192 e. The summed E-state index contributed by atoms with van der Waals surface area (Å²) in [5.74, 6) is 0.673. The van der Waals surface area contributed by atoms with Crippen molar-refractivity contribution in [3.63, 3.8) is 0 Å². The Morgan fingerprint density at radius 3 is 3.00 bits per heavy atom. The summed E-state index contributed by atoms with van der Waals surface area (Å²) < 4.78 is 5.40. The summed E-state index contributed by atoms with van der Waals surface area (Å²) in [5, 5.41) is 3.84. The first-order chi connectivity index (χ1) is 7.20. The highest BCUT2D eigenvalue weighted by atomic mass is 35.5. The number of hydrogen-bond donors (Lipinski definition) is 1. The zero-order chi connectivity index (χ0) is 10.8. The molecule has 80 valence electrons. The van der Waals surface area contributed by atoms with Crippen LogP contribution in [0.2, 0.25) is 5.02 Å². The van der Waals surface area contributed by atoms with Crippen molar-refractivity contribution in [2.45, 2.75) is 13.3 Å². The van der Waals surface area contributed by atoms with Crippen molar-refractivity contribution in [3.05, 3.63) is 28.6 Å². The second-order valence-corrected chi connectivity index (χ2v) is 3.90. The lowest BCUT2D eigenvalue weighted by Gasteiger charge is -2.02. The molecule has 2 rings (SSSR count). The van der Waals surface area contributed by atoms with E-state index in [-0.39, 0.29) is 0 Å². The van der Waals surface area contributed by atoms with Crippen LogP contribution >= 0.6 is 11.6 Å². The quantitative estimate of drug-likeness (QED) is 0.871. The molecule has 0 bridgehead atoms. The third-order valence-electron chi connectivity index (χ3n) is 2.31. The predicted octanol–water partition coefficient (Wildman–Crippen LogP) is 2.55. The minimum absolute atomic E-state index is 0.673. The molecule has 1 aromatic carbocycles. The monoisotopic (exact) mass is 224 g/mol. The van der Waals surface area contributed by atoms with E-state index in [4.69, 9.17) is 16.0 Å². The van der Waals surface area contributed by atoms with Crippen molar-refractivity contribution in [3.8, 4) is 0 Å². The van der Waals surface area contributed by atoms with E-state index in [1.165, 1.54) is 0 Å². The Labute approximate surface area is 93.4 Å². The van der Waals surface area contributed by atoms with E-state index < -0.39 is 0 Å². The molecule has 0 aliphatic carbocycles. The van der Waals surface area contributed by atoms with Crippen molar-refractivity contribution in [2.24, 2.45) is 0 Å². The molecule has 0 radical (unpaired) electrons. The molecule has 0 fully saturated rings. The number of halogens is 1. The van der Waals surface area contributed by atoms with E-state index in [2.05, 4.69) is 10.3 Å². The summed E-state index contributed by atoms with van der Waals surface area (Å²) in [5.41, 5.74) is 2.74. The maximum Gasteiger partial charge on any atom is 0.192 e. The van der Waals surface area contributed by atoms with Crippen molar-refractivity contribution < 1.29 is 4.42 Å². The number of rotatable bonds is 3. The van der Waals surface area contributed by atoms with Gasteiger partial charge in [0.25, 0.3) is 0 Å². The topological polar surface area (TPSA) is 38.1 Å². The Balaban J connectivity index is 2.42. The molecule has 0 aliphatic heterocycles. The normalized spacial score (nSPS) is 11.1. The minimum Gasteiger partial charge on any atom is -0.441 e. The van der Waals surface area contributed by atoms with Crippen molar-refractivity contribution in [1.29, 1.82) is 0 Å². The van der Waals surface area contributed by atoms with Gasteiger partial charge in [-0.25, -0.2) is 4.98 Å². The van der Waals surface area contributed by atoms with Crippen molar-refractivity contribution in [1.82, 2.24) is 10.3 Å². The van der Waals surface area contributed by atoms with E-state index in [9.17, 15) is 0 Å². The Bertz CT molecular complexity index is 479. The SMILES string of the molecule is CNCCc1cc2nc(C)oc2cc1Cl. The fourth-order valence-corrected chi connectivity index (χ4v) is 1.81. The number of aryl methyl sites for hydroxylation is 1. The van der Waals surface area contributed by atoms with Crippen LogP contribution in [0.4, 0.5) is 0 Å². The van der Waals surface area contributed by atoms with Gasteiger partial charge in [-0.05, 0) is 31.6 Å². The lowest BCUT2D eigenvalue weighted by Crippen LogP contribution is -2.10. The fraction of sp³-hybridized carbons (Fsp3) is 0.364. The molecule has 0 saturated heterocycles. The van der Waals surface area contributed by atoms with Crippen LogP contribution < -0.4 is 5.32 Å². The number of aromatic nitrogens is 1. The van der Waals surface area contributed by atoms with Crippen LogP contribution in [0.25, 0.3) is 11.1 Å². The standard InChI is InChI=1S/C11H13ClN2O/c1-7-14-10-5-8(3-4-13-2)9(12)6-11(10)15-7/h5-6,13H,3-4H2,1-2H3. The van der Waals surface area contributed by atoms with Crippen LogP contribution in [-0.4, -0.2) is 18.6 Å². The lowest BCUT2D eigenvalue weighted by atomic mass is 10.1. The molecule has 4 heteroatoms. The Hall–Kier alpha value is -1.06. The highest BCUT2D eigenvalue weighted by Gasteiger charge is 2.07. The van der Waals surface area contributed by atoms with Gasteiger partial charge in [-0.1, -0.05) is 11.6 Å². The number of fused-ring (bicyclic) bond motifs is 1. The number of nitrogens with one attached hydrogen (secondary N) is 1. The highest BCUT2D eigenvalue weighted by Crippen LogP contribution is 2.24. The van der Waals surface area contributed by atoms with Gasteiger partial charge in [-0.15, -0.1) is 0 Å². The van der Waals surface area contributed by atoms with Gasteiger partial charge < -0.3 is 9.73 Å². The Morgan fingerprint density at radius 1 is 1.47 bits per heavy atom. The number of oxazole rings is 1. The van der Waals surface area contributed by atoms with Crippen molar-refractivity contribution in [2.75, 3.05) is 13.6 Å². The highest BCUT2D eigenvalue weighted by molar-refractivity contribution is 6.32. The average Bonchev–Trinajstić information content (AvgIpc) is 2.53. The third kappa shape index (κ3) is 2.13. The van der Waals surface area contributed by atoms with Gasteiger partial charge >= 0.3 is 0 Å². The van der Waals surface area contributed by atoms with Gasteiger partial charge in [-0.2, -0.15) is 0 Å². The number of hydrogen-bond acceptors (Lipinski definition) is 3. The molecular weight excluding hydrogens is 212 g/mol. The molecule has 1 N–H and O–H groups in total. The summed E-state index contributed by atoms with van der Waals surface area (Å²) in [7, 11) is 1.92. The largest absolute Gasteiger partial charge is 0.441 e. The van der Waals surface area contributed by atoms with Gasteiger partial charge in [0, 0.05) is 18.0 Å². The third-order valence-corrected chi connectivity index (χ3v) is 2.66. The minimum atomic E-state index is 0.673. The molecule has 3 nitrogen and oxygen atoms in total. The molecule has 0 atom stereocenters. The Morgan fingerprint density at radius 2 is 2.27 bits per heavy atom. The first-order valence-electron chi connectivity index (χ1n) is 4.91.